The summed E-state index contributed by atoms with van der Waals surface area (Å²) in [6.07, 6.45) is 2.49. The minimum absolute atomic E-state index is 0.0335. The fourth-order valence-corrected chi connectivity index (χ4v) is 3.30. The molecule has 5 nitrogen and oxygen atoms in total. The van der Waals surface area contributed by atoms with Gasteiger partial charge in [-0.15, -0.1) is 0 Å². The van der Waals surface area contributed by atoms with Crippen molar-refractivity contribution >= 4 is 35.1 Å². The Morgan fingerprint density at radius 3 is 2.64 bits per heavy atom. The van der Waals surface area contributed by atoms with Gasteiger partial charge in [-0.25, -0.2) is 9.78 Å². The lowest BCUT2D eigenvalue weighted by molar-refractivity contribution is 0.194. The summed E-state index contributed by atoms with van der Waals surface area (Å²) in [6.45, 7) is 3.33. The van der Waals surface area contributed by atoms with Crippen LogP contribution in [-0.4, -0.2) is 48.6 Å². The molecule has 1 aliphatic rings. The van der Waals surface area contributed by atoms with Crippen molar-refractivity contribution in [3.05, 3.63) is 58.2 Å². The van der Waals surface area contributed by atoms with Crippen LogP contribution in [0, 0.1) is 0 Å². The predicted molar refractivity (Wildman–Crippen MR) is 102 cm³/mol. The van der Waals surface area contributed by atoms with Gasteiger partial charge in [0.05, 0.1) is 5.02 Å². The monoisotopic (exact) mass is 378 g/mol. The highest BCUT2D eigenvalue weighted by atomic mass is 35.5. The Labute approximate surface area is 157 Å². The number of anilines is 1. The summed E-state index contributed by atoms with van der Waals surface area (Å²) in [5.74, 6) is 0.783. The lowest BCUT2D eigenvalue weighted by Crippen LogP contribution is -2.52. The number of pyridine rings is 1. The third kappa shape index (κ3) is 4.77. The Morgan fingerprint density at radius 1 is 1.12 bits per heavy atom. The molecule has 0 aliphatic carbocycles. The number of rotatable bonds is 4. The number of halogens is 2. The van der Waals surface area contributed by atoms with E-state index in [2.05, 4.69) is 15.2 Å². The molecule has 0 spiro atoms. The molecule has 3 rings (SSSR count). The Kier molecular flexibility index (Phi) is 6.00. The lowest BCUT2D eigenvalue weighted by Gasteiger charge is -2.35. The Morgan fingerprint density at radius 2 is 1.92 bits per heavy atom. The maximum atomic E-state index is 12.3. The van der Waals surface area contributed by atoms with Crippen LogP contribution in [0.25, 0.3) is 0 Å². The van der Waals surface area contributed by atoms with Crippen molar-refractivity contribution in [2.75, 3.05) is 37.6 Å². The van der Waals surface area contributed by atoms with Crippen molar-refractivity contribution in [1.29, 1.82) is 0 Å². The van der Waals surface area contributed by atoms with Gasteiger partial charge < -0.3 is 15.1 Å². The molecular formula is C18H20Cl2N4O. The van der Waals surface area contributed by atoms with E-state index < -0.39 is 0 Å². The topological polar surface area (TPSA) is 48.5 Å². The van der Waals surface area contributed by atoms with Crippen LogP contribution in [0.2, 0.25) is 10.0 Å². The third-order valence-electron chi connectivity index (χ3n) is 4.18. The number of carbonyl (C=O) groups excluding carboxylic acids is 1. The molecule has 0 radical (unpaired) electrons. The van der Waals surface area contributed by atoms with Gasteiger partial charge in [-0.1, -0.05) is 35.3 Å². The van der Waals surface area contributed by atoms with Crippen molar-refractivity contribution in [2.45, 2.75) is 6.42 Å². The Bertz CT molecular complexity index is 733. The van der Waals surface area contributed by atoms with Crippen LogP contribution in [0.4, 0.5) is 10.6 Å². The van der Waals surface area contributed by atoms with E-state index in [1.54, 1.807) is 6.20 Å². The molecule has 2 amide bonds. The Hall–Kier alpha value is -1.98. The number of piperazine rings is 1. The van der Waals surface area contributed by atoms with E-state index in [0.29, 0.717) is 29.7 Å². The van der Waals surface area contributed by atoms with E-state index in [1.807, 2.05) is 41.3 Å². The van der Waals surface area contributed by atoms with Gasteiger partial charge in [-0.3, -0.25) is 0 Å². The zero-order chi connectivity index (χ0) is 17.6. The fraction of sp³-hybridized carbons (Fsp3) is 0.333. The van der Waals surface area contributed by atoms with Crippen molar-refractivity contribution < 1.29 is 4.79 Å². The number of amides is 2. The molecule has 0 atom stereocenters. The summed E-state index contributed by atoms with van der Waals surface area (Å²) in [7, 11) is 0. The summed E-state index contributed by atoms with van der Waals surface area (Å²) in [5, 5.41) is 4.33. The summed E-state index contributed by atoms with van der Waals surface area (Å²) >= 11 is 12.2. The minimum Gasteiger partial charge on any atom is -0.352 e. The maximum Gasteiger partial charge on any atom is 0.317 e. The summed E-state index contributed by atoms with van der Waals surface area (Å²) in [6, 6.07) is 11.3. The fourth-order valence-electron chi connectivity index (χ4n) is 2.85. The molecule has 1 aromatic heterocycles. The number of carbonyl (C=O) groups is 1. The van der Waals surface area contributed by atoms with E-state index in [-0.39, 0.29) is 6.03 Å². The van der Waals surface area contributed by atoms with Crippen LogP contribution < -0.4 is 10.2 Å². The molecule has 0 unspecified atom stereocenters. The number of aromatic nitrogens is 1. The van der Waals surface area contributed by atoms with Crippen LogP contribution in [0.5, 0.6) is 0 Å². The number of urea groups is 1. The summed E-state index contributed by atoms with van der Waals surface area (Å²) in [4.78, 5) is 20.6. The first-order chi connectivity index (χ1) is 12.1. The van der Waals surface area contributed by atoms with Gasteiger partial charge in [0.2, 0.25) is 0 Å². The first-order valence-corrected chi connectivity index (χ1v) is 9.02. The number of benzene rings is 1. The second-order valence-corrected chi connectivity index (χ2v) is 6.74. The highest BCUT2D eigenvalue weighted by molar-refractivity contribution is 6.32. The standard InChI is InChI=1S/C18H20Cl2N4O/c19-15-4-1-3-14(13-15)6-8-22-18(25)24-11-9-23(10-12-24)17-16(20)5-2-7-21-17/h1-5,7,13H,6,8-12H2,(H,22,25). The molecular weight excluding hydrogens is 359 g/mol. The summed E-state index contributed by atoms with van der Waals surface area (Å²) < 4.78 is 0. The quantitative estimate of drug-likeness (QED) is 0.885. The highest BCUT2D eigenvalue weighted by Crippen LogP contribution is 2.23. The number of nitrogens with zero attached hydrogens (tertiary/aromatic N) is 3. The van der Waals surface area contributed by atoms with Gasteiger partial charge in [0.25, 0.3) is 0 Å². The van der Waals surface area contributed by atoms with Crippen LogP contribution in [0.3, 0.4) is 0 Å². The molecule has 1 fully saturated rings. The summed E-state index contributed by atoms with van der Waals surface area (Å²) in [5.41, 5.74) is 1.11. The SMILES string of the molecule is O=C(NCCc1cccc(Cl)c1)N1CCN(c2ncccc2Cl)CC1. The zero-order valence-corrected chi connectivity index (χ0v) is 15.3. The average molecular weight is 379 g/mol. The van der Waals surface area contributed by atoms with Gasteiger partial charge in [-0.05, 0) is 36.2 Å². The highest BCUT2D eigenvalue weighted by Gasteiger charge is 2.22. The number of nitrogens with one attached hydrogen (secondary N) is 1. The van der Waals surface area contributed by atoms with Crippen LogP contribution >= 0.6 is 23.2 Å². The van der Waals surface area contributed by atoms with Gasteiger partial charge in [0.15, 0.2) is 0 Å². The third-order valence-corrected chi connectivity index (χ3v) is 4.71. The molecule has 1 aliphatic heterocycles. The second kappa shape index (κ2) is 8.41. The number of hydrogen-bond donors (Lipinski definition) is 1. The predicted octanol–water partition coefficient (Wildman–Crippen LogP) is 3.46. The Balaban J connectivity index is 1.45. The second-order valence-electron chi connectivity index (χ2n) is 5.89. The average Bonchev–Trinajstić information content (AvgIpc) is 2.62. The first-order valence-electron chi connectivity index (χ1n) is 8.26. The van der Waals surface area contributed by atoms with Gasteiger partial charge >= 0.3 is 6.03 Å². The normalized spacial score (nSPS) is 14.5. The lowest BCUT2D eigenvalue weighted by atomic mass is 10.1. The molecule has 1 aromatic carbocycles. The molecule has 2 aromatic rings. The van der Waals surface area contributed by atoms with Crippen molar-refractivity contribution in [3.63, 3.8) is 0 Å². The van der Waals surface area contributed by atoms with Crippen LogP contribution in [0.15, 0.2) is 42.6 Å². The van der Waals surface area contributed by atoms with Crippen molar-refractivity contribution in [3.8, 4) is 0 Å². The molecule has 132 valence electrons. The van der Waals surface area contributed by atoms with Gasteiger partial charge in [0.1, 0.15) is 5.82 Å². The smallest absolute Gasteiger partial charge is 0.317 e. The van der Waals surface area contributed by atoms with E-state index in [4.69, 9.17) is 23.2 Å². The van der Waals surface area contributed by atoms with Gasteiger partial charge in [-0.2, -0.15) is 0 Å². The van der Waals surface area contributed by atoms with Crippen molar-refractivity contribution in [2.24, 2.45) is 0 Å². The molecule has 0 bridgehead atoms. The van der Waals surface area contributed by atoms with Crippen LogP contribution in [-0.2, 0) is 6.42 Å². The molecule has 7 heteroatoms. The van der Waals surface area contributed by atoms with E-state index in [0.717, 1.165) is 30.9 Å². The number of hydrogen-bond acceptors (Lipinski definition) is 3. The molecule has 25 heavy (non-hydrogen) atoms. The molecule has 0 saturated carbocycles. The van der Waals surface area contributed by atoms with E-state index >= 15 is 0 Å². The molecule has 1 N–H and O–H groups in total. The van der Waals surface area contributed by atoms with Crippen LogP contribution in [0.1, 0.15) is 5.56 Å². The minimum atomic E-state index is -0.0335. The molecule has 1 saturated heterocycles. The zero-order valence-electron chi connectivity index (χ0n) is 13.8. The molecule has 2 heterocycles. The maximum absolute atomic E-state index is 12.3. The largest absolute Gasteiger partial charge is 0.352 e. The van der Waals surface area contributed by atoms with Crippen molar-refractivity contribution in [1.82, 2.24) is 15.2 Å². The van der Waals surface area contributed by atoms with E-state index in [9.17, 15) is 4.79 Å². The van der Waals surface area contributed by atoms with E-state index in [1.165, 1.54) is 0 Å². The first kappa shape index (κ1) is 17.8. The van der Waals surface area contributed by atoms with Gasteiger partial charge in [0, 0.05) is 43.9 Å².